The van der Waals surface area contributed by atoms with Crippen molar-refractivity contribution in [1.82, 2.24) is 0 Å². The average Bonchev–Trinajstić information content (AvgIpc) is 2.74. The van der Waals surface area contributed by atoms with E-state index in [1.807, 2.05) is 0 Å². The van der Waals surface area contributed by atoms with Gasteiger partial charge in [0.2, 0.25) is 0 Å². The summed E-state index contributed by atoms with van der Waals surface area (Å²) in [5.74, 6) is -6.41. The monoisotopic (exact) mass is 474 g/mol. The van der Waals surface area contributed by atoms with E-state index >= 15 is 0 Å². The highest BCUT2D eigenvalue weighted by Gasteiger charge is 2.26. The second kappa shape index (κ2) is 9.24. The average molecular weight is 474 g/mol. The molecule has 0 spiro atoms. The van der Waals surface area contributed by atoms with Crippen LogP contribution in [0.3, 0.4) is 0 Å². The molecule has 4 aromatic rings. The summed E-state index contributed by atoms with van der Waals surface area (Å²) in [6, 6.07) is 9.80. The number of hydrogen-bond donors (Lipinski definition) is 2. The maximum atomic E-state index is 15.0. The molecule has 0 aliphatic carbocycles. The summed E-state index contributed by atoms with van der Waals surface area (Å²) in [4.78, 5) is 0. The molecule has 0 saturated carbocycles. The number of benzene rings is 4. The SMILES string of the molecule is OB(O)Oc1ccc(-c2ccc(F)cc2F)c(-c2ccc(F)cc2F)c1-c1ccc(F)cc1F. The van der Waals surface area contributed by atoms with Crippen molar-refractivity contribution >= 4 is 7.32 Å². The third kappa shape index (κ3) is 4.50. The molecule has 2 N–H and O–H groups in total. The standard InChI is InChI=1S/C24H13BF6O3/c26-12-1-4-15(19(29)9-12)16-7-8-22(34-25(32)33)24(18-6-3-14(28)11-21(18)31)23(16)17-5-2-13(27)10-20(17)30/h1-11,32-33H. The highest BCUT2D eigenvalue weighted by Crippen LogP contribution is 2.47. The lowest BCUT2D eigenvalue weighted by molar-refractivity contribution is 0.288. The molecular formula is C24H13BF6O3. The van der Waals surface area contributed by atoms with Crippen molar-refractivity contribution in [3.05, 3.63) is 102 Å². The molecule has 4 aromatic carbocycles. The highest BCUT2D eigenvalue weighted by atomic mass is 19.2. The van der Waals surface area contributed by atoms with Gasteiger partial charge in [-0.1, -0.05) is 0 Å². The van der Waals surface area contributed by atoms with Gasteiger partial charge in [0.05, 0.1) is 0 Å². The van der Waals surface area contributed by atoms with Crippen molar-refractivity contribution in [2.75, 3.05) is 0 Å². The molecule has 34 heavy (non-hydrogen) atoms. The zero-order valence-corrected chi connectivity index (χ0v) is 17.0. The first-order chi connectivity index (χ1) is 16.2. The maximum Gasteiger partial charge on any atom is 0.707 e. The third-order valence-corrected chi connectivity index (χ3v) is 5.02. The van der Waals surface area contributed by atoms with Gasteiger partial charge in [0.25, 0.3) is 0 Å². The maximum absolute atomic E-state index is 15.0. The number of hydrogen-bond acceptors (Lipinski definition) is 3. The van der Waals surface area contributed by atoms with Crippen molar-refractivity contribution in [3.8, 4) is 39.1 Å². The van der Waals surface area contributed by atoms with Crippen LogP contribution < -0.4 is 4.65 Å². The Kier molecular flexibility index (Phi) is 6.36. The Bertz CT molecular complexity index is 1390. The Morgan fingerprint density at radius 2 is 0.912 bits per heavy atom. The first-order valence-corrected chi connectivity index (χ1v) is 9.71. The van der Waals surface area contributed by atoms with Crippen molar-refractivity contribution in [3.63, 3.8) is 0 Å². The molecule has 0 aliphatic heterocycles. The molecule has 0 fully saturated rings. The molecular weight excluding hydrogens is 461 g/mol. The van der Waals surface area contributed by atoms with Crippen LogP contribution in [0.25, 0.3) is 33.4 Å². The van der Waals surface area contributed by atoms with Gasteiger partial charge in [-0.05, 0) is 54.1 Å². The summed E-state index contributed by atoms with van der Waals surface area (Å²) in [7, 11) is -2.39. The zero-order valence-electron chi connectivity index (χ0n) is 17.0. The lowest BCUT2D eigenvalue weighted by Gasteiger charge is -2.21. The summed E-state index contributed by atoms with van der Waals surface area (Å²) >= 11 is 0. The molecule has 10 heteroatoms. The fraction of sp³-hybridized carbons (Fsp3) is 0. The molecule has 0 saturated heterocycles. The minimum atomic E-state index is -2.39. The molecule has 172 valence electrons. The summed E-state index contributed by atoms with van der Waals surface area (Å²) in [6.45, 7) is 0. The number of rotatable bonds is 5. The first kappa shape index (κ1) is 23.4. The topological polar surface area (TPSA) is 49.7 Å². The zero-order chi connectivity index (χ0) is 24.6. The Morgan fingerprint density at radius 1 is 0.500 bits per heavy atom. The van der Waals surface area contributed by atoms with Gasteiger partial charge < -0.3 is 14.7 Å². The van der Waals surface area contributed by atoms with Crippen LogP contribution in [0.4, 0.5) is 26.3 Å². The van der Waals surface area contributed by atoms with Crippen molar-refractivity contribution < 1.29 is 41.0 Å². The van der Waals surface area contributed by atoms with Crippen molar-refractivity contribution in [2.24, 2.45) is 0 Å². The number of halogens is 6. The third-order valence-electron chi connectivity index (χ3n) is 5.02. The van der Waals surface area contributed by atoms with Gasteiger partial charge >= 0.3 is 7.32 Å². The van der Waals surface area contributed by atoms with Gasteiger partial charge in [0.1, 0.15) is 40.7 Å². The van der Waals surface area contributed by atoms with E-state index in [1.54, 1.807) is 0 Å². The van der Waals surface area contributed by atoms with E-state index in [1.165, 1.54) is 6.07 Å². The van der Waals surface area contributed by atoms with Crippen molar-refractivity contribution in [1.29, 1.82) is 0 Å². The minimum Gasteiger partial charge on any atom is -0.511 e. The molecule has 0 amide bonds. The van der Waals surface area contributed by atoms with Gasteiger partial charge in [-0.25, -0.2) is 26.3 Å². The molecule has 0 aromatic heterocycles. The van der Waals surface area contributed by atoms with E-state index in [9.17, 15) is 36.4 Å². The van der Waals surface area contributed by atoms with E-state index in [0.717, 1.165) is 42.5 Å². The smallest absolute Gasteiger partial charge is 0.511 e. The van der Waals surface area contributed by atoms with Crippen LogP contribution in [-0.2, 0) is 0 Å². The highest BCUT2D eigenvalue weighted by molar-refractivity contribution is 6.34. The fourth-order valence-electron chi connectivity index (χ4n) is 3.66. The summed E-state index contributed by atoms with van der Waals surface area (Å²) in [5, 5.41) is 18.7. The molecule has 4 rings (SSSR count). The van der Waals surface area contributed by atoms with Gasteiger partial charge in [-0.15, -0.1) is 0 Å². The fourth-order valence-corrected chi connectivity index (χ4v) is 3.66. The summed E-state index contributed by atoms with van der Waals surface area (Å²) in [6.07, 6.45) is 0. The minimum absolute atomic E-state index is 0.0819. The molecule has 0 heterocycles. The summed E-state index contributed by atoms with van der Waals surface area (Å²) in [5.41, 5.74) is -1.55. The van der Waals surface area contributed by atoms with Crippen LogP contribution in [0.5, 0.6) is 5.75 Å². The molecule has 0 atom stereocenters. The van der Waals surface area contributed by atoms with Crippen molar-refractivity contribution in [2.45, 2.75) is 0 Å². The lowest BCUT2D eigenvalue weighted by Crippen LogP contribution is -2.21. The Labute approximate surface area is 189 Å². The van der Waals surface area contributed by atoms with Crippen LogP contribution in [0.2, 0.25) is 0 Å². The quantitative estimate of drug-likeness (QED) is 0.281. The molecule has 3 nitrogen and oxygen atoms in total. The predicted molar refractivity (Wildman–Crippen MR) is 113 cm³/mol. The van der Waals surface area contributed by atoms with Crippen LogP contribution in [0, 0.1) is 34.9 Å². The van der Waals surface area contributed by atoms with E-state index in [4.69, 9.17) is 4.65 Å². The molecule has 0 radical (unpaired) electrons. The van der Waals surface area contributed by atoms with Gasteiger partial charge in [-0.3, -0.25) is 0 Å². The van der Waals surface area contributed by atoms with E-state index in [2.05, 4.69) is 0 Å². The van der Waals surface area contributed by atoms with Gasteiger partial charge in [0.15, 0.2) is 0 Å². The summed E-state index contributed by atoms with van der Waals surface area (Å²) < 4.78 is 90.3. The molecule has 0 bridgehead atoms. The van der Waals surface area contributed by atoms with E-state index < -0.39 is 42.2 Å². The largest absolute Gasteiger partial charge is 0.707 e. The van der Waals surface area contributed by atoms with Crippen LogP contribution >= 0.6 is 0 Å². The van der Waals surface area contributed by atoms with Gasteiger partial charge in [0, 0.05) is 46.0 Å². The van der Waals surface area contributed by atoms with Crippen LogP contribution in [0.15, 0.2) is 66.7 Å². The molecule has 0 unspecified atom stereocenters. The van der Waals surface area contributed by atoms with Gasteiger partial charge in [-0.2, -0.15) is 0 Å². The van der Waals surface area contributed by atoms with Crippen LogP contribution in [0.1, 0.15) is 0 Å². The second-order valence-corrected chi connectivity index (χ2v) is 7.18. The predicted octanol–water partition coefficient (Wildman–Crippen LogP) is 5.87. The Balaban J connectivity index is 2.17. The van der Waals surface area contributed by atoms with Crippen LogP contribution in [-0.4, -0.2) is 17.4 Å². The normalized spacial score (nSPS) is 10.9. The molecule has 0 aliphatic rings. The Morgan fingerprint density at radius 3 is 1.35 bits per heavy atom. The first-order valence-electron chi connectivity index (χ1n) is 9.71. The van der Waals surface area contributed by atoms with E-state index in [-0.39, 0.29) is 39.1 Å². The Hall–Kier alpha value is -3.76. The second-order valence-electron chi connectivity index (χ2n) is 7.18. The lowest BCUT2D eigenvalue weighted by atomic mass is 9.86. The van der Waals surface area contributed by atoms with E-state index in [0.29, 0.717) is 18.2 Å².